The summed E-state index contributed by atoms with van der Waals surface area (Å²) in [5.74, 6) is -0.212. The van der Waals surface area contributed by atoms with Crippen LogP contribution in [0.3, 0.4) is 0 Å². The van der Waals surface area contributed by atoms with Crippen molar-refractivity contribution in [3.63, 3.8) is 0 Å². The van der Waals surface area contributed by atoms with Crippen molar-refractivity contribution >= 4 is 5.91 Å². The maximum absolute atomic E-state index is 11.9. The molecular formula is C12H18N2O3. The van der Waals surface area contributed by atoms with Crippen LogP contribution in [0, 0.1) is 0 Å². The van der Waals surface area contributed by atoms with E-state index in [0.717, 1.165) is 12.8 Å². The first-order chi connectivity index (χ1) is 8.03. The summed E-state index contributed by atoms with van der Waals surface area (Å²) in [5.41, 5.74) is -0.659. The number of amides is 1. The molecule has 94 valence electrons. The number of hydrogen-bond acceptors (Lipinski definition) is 3. The molecule has 1 aromatic rings. The van der Waals surface area contributed by atoms with E-state index in [1.165, 1.54) is 6.92 Å². The quantitative estimate of drug-likeness (QED) is 0.690. The van der Waals surface area contributed by atoms with Crippen molar-refractivity contribution in [2.24, 2.45) is 0 Å². The highest BCUT2D eigenvalue weighted by Crippen LogP contribution is 2.35. The van der Waals surface area contributed by atoms with E-state index in [9.17, 15) is 9.90 Å². The Balaban J connectivity index is 1.97. The Labute approximate surface area is 100 Å². The van der Waals surface area contributed by atoms with Gasteiger partial charge in [-0.3, -0.25) is 4.79 Å². The van der Waals surface area contributed by atoms with Crippen molar-refractivity contribution in [2.75, 3.05) is 13.2 Å². The van der Waals surface area contributed by atoms with E-state index < -0.39 is 5.60 Å². The molecule has 2 rings (SSSR count). The summed E-state index contributed by atoms with van der Waals surface area (Å²) in [6.45, 7) is 1.14. The summed E-state index contributed by atoms with van der Waals surface area (Å²) >= 11 is 0. The van der Waals surface area contributed by atoms with Gasteiger partial charge in [-0.1, -0.05) is 0 Å². The third-order valence-corrected chi connectivity index (χ3v) is 2.92. The molecule has 1 aliphatic rings. The molecule has 0 bridgehead atoms. The molecule has 0 radical (unpaired) electrons. The monoisotopic (exact) mass is 238 g/mol. The maximum atomic E-state index is 11.9. The van der Waals surface area contributed by atoms with Gasteiger partial charge < -0.3 is 20.1 Å². The van der Waals surface area contributed by atoms with Crippen LogP contribution in [-0.2, 0) is 0 Å². The predicted molar refractivity (Wildman–Crippen MR) is 62.7 cm³/mol. The van der Waals surface area contributed by atoms with E-state index in [1.54, 1.807) is 6.07 Å². The van der Waals surface area contributed by atoms with Crippen LogP contribution < -0.4 is 5.32 Å². The van der Waals surface area contributed by atoms with Crippen molar-refractivity contribution in [2.45, 2.75) is 31.4 Å². The van der Waals surface area contributed by atoms with E-state index in [4.69, 9.17) is 5.11 Å². The molecule has 0 saturated heterocycles. The molecule has 1 aliphatic carbocycles. The van der Waals surface area contributed by atoms with Crippen molar-refractivity contribution in [3.05, 3.63) is 24.0 Å². The first-order valence-corrected chi connectivity index (χ1v) is 5.82. The molecule has 0 aromatic carbocycles. The minimum absolute atomic E-state index is 0.0399. The second-order valence-electron chi connectivity index (χ2n) is 4.87. The lowest BCUT2D eigenvalue weighted by Gasteiger charge is -2.20. The second-order valence-corrected chi connectivity index (χ2v) is 4.87. The summed E-state index contributed by atoms with van der Waals surface area (Å²) in [6, 6.07) is 4.06. The van der Waals surface area contributed by atoms with Crippen LogP contribution in [0.5, 0.6) is 0 Å². The Bertz CT molecular complexity index is 408. The largest absolute Gasteiger partial charge is 0.393 e. The summed E-state index contributed by atoms with van der Waals surface area (Å²) in [7, 11) is 0. The average molecular weight is 238 g/mol. The molecule has 1 atom stereocenters. The van der Waals surface area contributed by atoms with Crippen LogP contribution in [0.4, 0.5) is 0 Å². The fourth-order valence-corrected chi connectivity index (χ4v) is 1.67. The lowest BCUT2D eigenvalue weighted by atomic mass is 10.1. The van der Waals surface area contributed by atoms with Gasteiger partial charge in [0.25, 0.3) is 5.91 Å². The topological polar surface area (TPSA) is 74.5 Å². The lowest BCUT2D eigenvalue weighted by Crippen LogP contribution is -2.43. The number of nitrogens with zero attached hydrogens (tertiary/aromatic N) is 1. The molecule has 1 aromatic heterocycles. The summed E-state index contributed by atoms with van der Waals surface area (Å²) < 4.78 is 1.96. The number of aliphatic hydroxyl groups excluding tert-OH is 1. The van der Waals surface area contributed by atoms with Crippen molar-refractivity contribution in [1.82, 2.24) is 9.88 Å². The zero-order valence-electron chi connectivity index (χ0n) is 9.89. The third kappa shape index (κ3) is 2.87. The first-order valence-electron chi connectivity index (χ1n) is 5.82. The van der Waals surface area contributed by atoms with Crippen molar-refractivity contribution in [1.29, 1.82) is 0 Å². The highest BCUT2D eigenvalue weighted by Gasteiger charge is 2.27. The Morgan fingerprint density at radius 3 is 2.94 bits per heavy atom. The van der Waals surface area contributed by atoms with Gasteiger partial charge in [-0.2, -0.15) is 0 Å². The minimum atomic E-state index is -1.27. The fraction of sp³-hybridized carbons (Fsp3) is 0.583. The molecule has 5 nitrogen and oxygen atoms in total. The molecule has 0 aliphatic heterocycles. The maximum Gasteiger partial charge on any atom is 0.268 e. The van der Waals surface area contributed by atoms with Gasteiger partial charge in [0.1, 0.15) is 11.3 Å². The molecular weight excluding hydrogens is 220 g/mol. The van der Waals surface area contributed by atoms with Gasteiger partial charge >= 0.3 is 0 Å². The van der Waals surface area contributed by atoms with Crippen LogP contribution in [0.25, 0.3) is 0 Å². The number of aromatic nitrogens is 1. The average Bonchev–Trinajstić information content (AvgIpc) is 3.04. The SMILES string of the molecule is CC(O)(CO)CNC(=O)c1cccn1C1CC1. The fourth-order valence-electron chi connectivity index (χ4n) is 1.67. The van der Waals surface area contributed by atoms with E-state index in [2.05, 4.69) is 5.32 Å². The molecule has 1 heterocycles. The lowest BCUT2D eigenvalue weighted by molar-refractivity contribution is 0.00313. The molecule has 5 heteroatoms. The number of carbonyl (C=O) groups excluding carboxylic acids is 1. The molecule has 1 saturated carbocycles. The molecule has 1 fully saturated rings. The third-order valence-electron chi connectivity index (χ3n) is 2.92. The standard InChI is InChI=1S/C12H18N2O3/c1-12(17,8-15)7-13-11(16)10-3-2-6-14(10)9-4-5-9/h2-3,6,9,15,17H,4-5,7-8H2,1H3,(H,13,16). The van der Waals surface area contributed by atoms with Gasteiger partial charge in [-0.15, -0.1) is 0 Å². The van der Waals surface area contributed by atoms with Gasteiger partial charge in [0.15, 0.2) is 0 Å². The Kier molecular flexibility index (Phi) is 3.22. The van der Waals surface area contributed by atoms with Crippen LogP contribution in [0.2, 0.25) is 0 Å². The highest BCUT2D eigenvalue weighted by atomic mass is 16.3. The summed E-state index contributed by atoms with van der Waals surface area (Å²) in [6.07, 6.45) is 4.13. The minimum Gasteiger partial charge on any atom is -0.393 e. The van der Waals surface area contributed by atoms with Gasteiger partial charge in [-0.05, 0) is 31.9 Å². The Hall–Kier alpha value is -1.33. The molecule has 1 unspecified atom stereocenters. The number of aliphatic hydroxyl groups is 2. The van der Waals surface area contributed by atoms with E-state index >= 15 is 0 Å². The Morgan fingerprint density at radius 1 is 1.65 bits per heavy atom. The molecule has 1 amide bonds. The van der Waals surface area contributed by atoms with Gasteiger partial charge in [0, 0.05) is 18.8 Å². The van der Waals surface area contributed by atoms with Crippen LogP contribution >= 0.6 is 0 Å². The molecule has 0 spiro atoms. The number of rotatable bonds is 5. The van der Waals surface area contributed by atoms with Gasteiger partial charge in [-0.25, -0.2) is 0 Å². The van der Waals surface area contributed by atoms with E-state index in [-0.39, 0.29) is 19.1 Å². The van der Waals surface area contributed by atoms with Crippen molar-refractivity contribution in [3.8, 4) is 0 Å². The molecule has 3 N–H and O–H groups in total. The predicted octanol–water partition coefficient (Wildman–Crippen LogP) is 0.296. The van der Waals surface area contributed by atoms with Crippen LogP contribution in [0.15, 0.2) is 18.3 Å². The van der Waals surface area contributed by atoms with Crippen molar-refractivity contribution < 1.29 is 15.0 Å². The van der Waals surface area contributed by atoms with E-state index in [1.807, 2.05) is 16.8 Å². The second kappa shape index (κ2) is 4.50. The number of carbonyl (C=O) groups is 1. The van der Waals surface area contributed by atoms with Gasteiger partial charge in [0.05, 0.1) is 6.61 Å². The van der Waals surface area contributed by atoms with Gasteiger partial charge in [0.2, 0.25) is 0 Å². The first kappa shape index (κ1) is 12.1. The number of hydrogen-bond donors (Lipinski definition) is 3. The smallest absolute Gasteiger partial charge is 0.268 e. The van der Waals surface area contributed by atoms with Crippen LogP contribution in [-0.4, -0.2) is 39.4 Å². The van der Waals surface area contributed by atoms with Crippen LogP contribution in [0.1, 0.15) is 36.3 Å². The molecule has 17 heavy (non-hydrogen) atoms. The zero-order chi connectivity index (χ0) is 12.5. The summed E-state index contributed by atoms with van der Waals surface area (Å²) in [5, 5.41) is 21.1. The summed E-state index contributed by atoms with van der Waals surface area (Å²) in [4.78, 5) is 11.9. The number of nitrogens with one attached hydrogen (secondary N) is 1. The zero-order valence-corrected chi connectivity index (χ0v) is 9.89. The van der Waals surface area contributed by atoms with E-state index in [0.29, 0.717) is 11.7 Å². The normalized spacial score (nSPS) is 18.8. The highest BCUT2D eigenvalue weighted by molar-refractivity contribution is 5.92. The Morgan fingerprint density at radius 2 is 2.35 bits per heavy atom.